The van der Waals surface area contributed by atoms with Crippen LogP contribution in [0.25, 0.3) is 0 Å². The monoisotopic (exact) mass is 403 g/mol. The summed E-state index contributed by atoms with van der Waals surface area (Å²) in [6.45, 7) is 5.45. The first-order chi connectivity index (χ1) is 13.7. The van der Waals surface area contributed by atoms with Gasteiger partial charge in [-0.15, -0.1) is 0 Å². The van der Waals surface area contributed by atoms with Crippen molar-refractivity contribution in [1.29, 1.82) is 0 Å². The van der Waals surface area contributed by atoms with Gasteiger partial charge in [-0.05, 0) is 51.2 Å². The molecular formula is C21H29N3O5. The number of aryl methyl sites for hydroxylation is 1. The van der Waals surface area contributed by atoms with Gasteiger partial charge in [0.2, 0.25) is 5.91 Å². The molecule has 2 aliphatic rings. The van der Waals surface area contributed by atoms with Crippen molar-refractivity contribution in [2.45, 2.75) is 57.7 Å². The Morgan fingerprint density at radius 2 is 1.90 bits per heavy atom. The molecule has 0 saturated carbocycles. The maximum absolute atomic E-state index is 13.1. The summed E-state index contributed by atoms with van der Waals surface area (Å²) in [6, 6.07) is 6.93. The van der Waals surface area contributed by atoms with Crippen LogP contribution in [0.4, 0.5) is 9.59 Å². The highest BCUT2D eigenvalue weighted by Gasteiger charge is 2.39. The van der Waals surface area contributed by atoms with Gasteiger partial charge in [0.1, 0.15) is 11.6 Å². The number of hydrogen-bond acceptors (Lipinski definition) is 4. The number of amides is 3. The molecule has 0 bridgehead atoms. The van der Waals surface area contributed by atoms with Crippen LogP contribution in [0.2, 0.25) is 0 Å². The van der Waals surface area contributed by atoms with E-state index in [4.69, 9.17) is 4.74 Å². The van der Waals surface area contributed by atoms with Crippen LogP contribution in [0.5, 0.6) is 0 Å². The first kappa shape index (κ1) is 21.0. The molecule has 158 valence electrons. The van der Waals surface area contributed by atoms with E-state index in [-0.39, 0.29) is 31.6 Å². The quantitative estimate of drug-likeness (QED) is 0.791. The second kappa shape index (κ2) is 8.31. The smallest absolute Gasteiger partial charge is 0.411 e. The van der Waals surface area contributed by atoms with Crippen LogP contribution in [0.15, 0.2) is 24.3 Å². The van der Waals surface area contributed by atoms with Crippen molar-refractivity contribution in [3.63, 3.8) is 0 Å². The topological polar surface area (TPSA) is 99.2 Å². The Balaban J connectivity index is 1.78. The Kier molecular flexibility index (Phi) is 6.00. The molecule has 8 heteroatoms. The normalized spacial score (nSPS) is 21.9. The van der Waals surface area contributed by atoms with Gasteiger partial charge in [0, 0.05) is 13.1 Å². The van der Waals surface area contributed by atoms with Crippen molar-refractivity contribution in [2.24, 2.45) is 0 Å². The van der Waals surface area contributed by atoms with Crippen molar-refractivity contribution in [1.82, 2.24) is 15.1 Å². The number of hydrogen-bond donors (Lipinski definition) is 2. The molecule has 1 aliphatic carbocycles. The largest absolute Gasteiger partial charge is 0.465 e. The van der Waals surface area contributed by atoms with Crippen LogP contribution < -0.4 is 5.32 Å². The average Bonchev–Trinajstić information content (AvgIpc) is 2.66. The van der Waals surface area contributed by atoms with Gasteiger partial charge in [-0.1, -0.05) is 24.3 Å². The van der Waals surface area contributed by atoms with E-state index in [1.54, 1.807) is 20.8 Å². The van der Waals surface area contributed by atoms with Crippen molar-refractivity contribution < 1.29 is 24.2 Å². The van der Waals surface area contributed by atoms with Gasteiger partial charge in [0.05, 0.1) is 12.6 Å². The number of rotatable bonds is 2. The van der Waals surface area contributed by atoms with E-state index >= 15 is 0 Å². The maximum atomic E-state index is 13.1. The number of ether oxygens (including phenoxy) is 1. The Morgan fingerprint density at radius 3 is 2.59 bits per heavy atom. The molecule has 0 radical (unpaired) electrons. The lowest BCUT2D eigenvalue weighted by Gasteiger charge is -2.40. The van der Waals surface area contributed by atoms with E-state index in [9.17, 15) is 19.5 Å². The summed E-state index contributed by atoms with van der Waals surface area (Å²) < 4.78 is 5.44. The van der Waals surface area contributed by atoms with E-state index in [0.717, 1.165) is 24.8 Å². The summed E-state index contributed by atoms with van der Waals surface area (Å²) in [5.41, 5.74) is 1.59. The molecule has 29 heavy (non-hydrogen) atoms. The third-order valence-electron chi connectivity index (χ3n) is 5.27. The number of nitrogens with one attached hydrogen (secondary N) is 1. The summed E-state index contributed by atoms with van der Waals surface area (Å²) in [6.07, 6.45) is 1.04. The number of piperazine rings is 1. The molecule has 3 rings (SSSR count). The fraction of sp³-hybridized carbons (Fsp3) is 0.571. The number of carbonyl (C=O) groups is 3. The van der Waals surface area contributed by atoms with E-state index in [1.165, 1.54) is 15.4 Å². The number of benzene rings is 1. The van der Waals surface area contributed by atoms with E-state index in [1.807, 2.05) is 18.2 Å². The van der Waals surface area contributed by atoms with Crippen molar-refractivity contribution in [3.05, 3.63) is 35.4 Å². The fourth-order valence-corrected chi connectivity index (χ4v) is 3.89. The Bertz CT molecular complexity index is 789. The van der Waals surface area contributed by atoms with Crippen LogP contribution in [0.3, 0.4) is 0 Å². The van der Waals surface area contributed by atoms with Crippen LogP contribution in [-0.2, 0) is 16.0 Å². The van der Waals surface area contributed by atoms with Gasteiger partial charge >= 0.3 is 12.2 Å². The van der Waals surface area contributed by atoms with Gasteiger partial charge in [-0.3, -0.25) is 9.69 Å². The number of carbonyl (C=O) groups excluding carboxylic acids is 2. The number of carboxylic acid groups (broad SMARTS) is 1. The van der Waals surface area contributed by atoms with Gasteiger partial charge < -0.3 is 20.1 Å². The third-order valence-corrected chi connectivity index (χ3v) is 5.27. The Hall–Kier alpha value is -2.77. The molecule has 1 saturated heterocycles. The summed E-state index contributed by atoms with van der Waals surface area (Å²) in [4.78, 5) is 39.7. The van der Waals surface area contributed by atoms with Crippen LogP contribution in [0, 0.1) is 0 Å². The zero-order chi connectivity index (χ0) is 21.2. The molecule has 0 spiro atoms. The molecule has 2 N–H and O–H groups in total. The zero-order valence-electron chi connectivity index (χ0n) is 17.2. The molecule has 1 heterocycles. The molecule has 0 unspecified atom stereocenters. The van der Waals surface area contributed by atoms with Gasteiger partial charge in [-0.2, -0.15) is 0 Å². The average molecular weight is 403 g/mol. The molecule has 3 amide bonds. The minimum Gasteiger partial charge on any atom is -0.465 e. The first-order valence-electron chi connectivity index (χ1n) is 10.0. The maximum Gasteiger partial charge on any atom is 0.411 e. The van der Waals surface area contributed by atoms with E-state index < -0.39 is 23.8 Å². The summed E-state index contributed by atoms with van der Waals surface area (Å²) in [7, 11) is 0. The predicted molar refractivity (Wildman–Crippen MR) is 107 cm³/mol. The van der Waals surface area contributed by atoms with Crippen molar-refractivity contribution in [3.8, 4) is 0 Å². The standard InChI is InChI=1S/C21H29N3O5/c1-21(2,3)29-20(28)24-12-11-23(19(26)27)13-17(24)18(25)22-16-10-6-8-14-7-4-5-9-15(14)16/h4-5,7,9,16-17H,6,8,10-13H2,1-3H3,(H,22,25)(H,26,27)/t16-,17+/m1/s1. The lowest BCUT2D eigenvalue weighted by atomic mass is 9.87. The molecular weight excluding hydrogens is 374 g/mol. The molecule has 1 aromatic carbocycles. The SMILES string of the molecule is CC(C)(C)OC(=O)N1CCN(C(=O)O)C[C@H]1C(=O)N[C@@H]1CCCc2ccccc21. The molecule has 0 aromatic heterocycles. The molecule has 1 aliphatic heterocycles. The molecule has 1 fully saturated rings. The predicted octanol–water partition coefficient (Wildman–Crippen LogP) is 2.78. The highest BCUT2D eigenvalue weighted by molar-refractivity contribution is 5.87. The second-order valence-electron chi connectivity index (χ2n) is 8.57. The highest BCUT2D eigenvalue weighted by atomic mass is 16.6. The van der Waals surface area contributed by atoms with Crippen molar-refractivity contribution in [2.75, 3.05) is 19.6 Å². The summed E-state index contributed by atoms with van der Waals surface area (Å²) >= 11 is 0. The van der Waals surface area contributed by atoms with Crippen LogP contribution in [-0.4, -0.2) is 64.3 Å². The van der Waals surface area contributed by atoms with Gasteiger partial charge in [0.15, 0.2) is 0 Å². The van der Waals surface area contributed by atoms with Gasteiger partial charge in [-0.25, -0.2) is 9.59 Å². The molecule has 8 nitrogen and oxygen atoms in total. The lowest BCUT2D eigenvalue weighted by Crippen LogP contribution is -2.62. The highest BCUT2D eigenvalue weighted by Crippen LogP contribution is 2.30. The van der Waals surface area contributed by atoms with Crippen LogP contribution >= 0.6 is 0 Å². The molecule has 2 atom stereocenters. The van der Waals surface area contributed by atoms with Crippen LogP contribution in [0.1, 0.15) is 50.8 Å². The second-order valence-corrected chi connectivity index (χ2v) is 8.57. The lowest BCUT2D eigenvalue weighted by molar-refractivity contribution is -0.129. The Labute approximate surface area is 170 Å². The van der Waals surface area contributed by atoms with E-state index in [2.05, 4.69) is 11.4 Å². The fourth-order valence-electron chi connectivity index (χ4n) is 3.89. The minimum atomic E-state index is -1.10. The number of nitrogens with zero attached hydrogens (tertiary/aromatic N) is 2. The minimum absolute atomic E-state index is 0.0746. The summed E-state index contributed by atoms with van der Waals surface area (Å²) in [5, 5.41) is 12.4. The first-order valence-corrected chi connectivity index (χ1v) is 10.0. The molecule has 1 aromatic rings. The Morgan fingerprint density at radius 1 is 1.17 bits per heavy atom. The summed E-state index contributed by atoms with van der Waals surface area (Å²) in [5.74, 6) is -0.358. The van der Waals surface area contributed by atoms with E-state index in [0.29, 0.717) is 0 Å². The van der Waals surface area contributed by atoms with Crippen molar-refractivity contribution >= 4 is 18.1 Å². The number of fused-ring (bicyclic) bond motifs is 1. The zero-order valence-corrected chi connectivity index (χ0v) is 17.2. The van der Waals surface area contributed by atoms with Gasteiger partial charge in [0.25, 0.3) is 0 Å². The third kappa shape index (κ3) is 4.99.